The van der Waals surface area contributed by atoms with Crippen LogP contribution in [0.25, 0.3) is 0 Å². The third-order valence-corrected chi connectivity index (χ3v) is 4.44. The van der Waals surface area contributed by atoms with Crippen molar-refractivity contribution in [2.24, 2.45) is 5.73 Å². The smallest absolute Gasteiger partial charge is 0.258 e. The number of anilines is 3. The largest absolute Gasteiger partial charge is 0.376 e. The third-order valence-electron chi connectivity index (χ3n) is 4.44. The first-order chi connectivity index (χ1) is 14.4. The van der Waals surface area contributed by atoms with Crippen molar-refractivity contribution in [1.82, 2.24) is 0 Å². The fourth-order valence-corrected chi connectivity index (χ4v) is 2.86. The van der Waals surface area contributed by atoms with E-state index in [9.17, 15) is 14.4 Å². The van der Waals surface area contributed by atoms with Gasteiger partial charge in [-0.3, -0.25) is 14.4 Å². The average molecular weight is 402 g/mol. The van der Waals surface area contributed by atoms with Crippen LogP contribution in [0.4, 0.5) is 17.1 Å². The molecule has 7 nitrogen and oxygen atoms in total. The SMILES string of the molecule is CN(C(=O)c1cccc(NCC(=O)Nc2cccc(C(N)=O)c2)c1)c1ccccc1. The molecule has 3 aromatic rings. The minimum atomic E-state index is -0.564. The lowest BCUT2D eigenvalue weighted by atomic mass is 10.1. The second kappa shape index (κ2) is 9.38. The zero-order valence-electron chi connectivity index (χ0n) is 16.5. The lowest BCUT2D eigenvalue weighted by Crippen LogP contribution is -2.26. The predicted octanol–water partition coefficient (Wildman–Crippen LogP) is 3.11. The number of carbonyl (C=O) groups is 3. The van der Waals surface area contributed by atoms with Crippen LogP contribution in [0.1, 0.15) is 20.7 Å². The van der Waals surface area contributed by atoms with Crippen LogP contribution in [0.3, 0.4) is 0 Å². The summed E-state index contributed by atoms with van der Waals surface area (Å²) in [6, 6.07) is 22.7. The van der Waals surface area contributed by atoms with Gasteiger partial charge in [-0.05, 0) is 48.5 Å². The molecule has 0 atom stereocenters. The molecule has 0 heterocycles. The predicted molar refractivity (Wildman–Crippen MR) is 118 cm³/mol. The molecule has 7 heteroatoms. The number of hydrogen-bond donors (Lipinski definition) is 3. The van der Waals surface area contributed by atoms with Crippen molar-refractivity contribution in [3.63, 3.8) is 0 Å². The van der Waals surface area contributed by atoms with Crippen LogP contribution in [-0.4, -0.2) is 31.3 Å². The molecule has 0 saturated heterocycles. The Morgan fingerprint density at radius 2 is 1.47 bits per heavy atom. The number of rotatable bonds is 7. The molecule has 0 unspecified atom stereocenters. The topological polar surface area (TPSA) is 105 Å². The molecule has 0 spiro atoms. The maximum absolute atomic E-state index is 12.7. The Morgan fingerprint density at radius 3 is 2.17 bits per heavy atom. The molecule has 3 rings (SSSR count). The molecule has 0 aliphatic rings. The monoisotopic (exact) mass is 402 g/mol. The molecule has 30 heavy (non-hydrogen) atoms. The molecule has 152 valence electrons. The summed E-state index contributed by atoms with van der Waals surface area (Å²) >= 11 is 0. The van der Waals surface area contributed by atoms with E-state index in [-0.39, 0.29) is 18.4 Å². The van der Waals surface area contributed by atoms with Crippen molar-refractivity contribution in [3.8, 4) is 0 Å². The Hall–Kier alpha value is -4.13. The average Bonchev–Trinajstić information content (AvgIpc) is 2.77. The maximum Gasteiger partial charge on any atom is 0.258 e. The van der Waals surface area contributed by atoms with Crippen LogP contribution in [0, 0.1) is 0 Å². The van der Waals surface area contributed by atoms with E-state index in [0.29, 0.717) is 22.5 Å². The van der Waals surface area contributed by atoms with Crippen molar-refractivity contribution in [2.45, 2.75) is 0 Å². The molecule has 0 saturated carbocycles. The number of para-hydroxylation sites is 1. The second-order valence-corrected chi connectivity index (χ2v) is 6.63. The van der Waals surface area contributed by atoms with Gasteiger partial charge in [-0.15, -0.1) is 0 Å². The van der Waals surface area contributed by atoms with Gasteiger partial charge < -0.3 is 21.3 Å². The summed E-state index contributed by atoms with van der Waals surface area (Å²) in [5, 5.41) is 5.70. The van der Waals surface area contributed by atoms with Gasteiger partial charge in [0.1, 0.15) is 0 Å². The number of amides is 3. The zero-order valence-corrected chi connectivity index (χ0v) is 16.5. The van der Waals surface area contributed by atoms with Gasteiger partial charge in [-0.25, -0.2) is 0 Å². The number of carbonyl (C=O) groups excluding carboxylic acids is 3. The van der Waals surface area contributed by atoms with Gasteiger partial charge in [0.05, 0.1) is 6.54 Å². The summed E-state index contributed by atoms with van der Waals surface area (Å²) in [4.78, 5) is 37.8. The van der Waals surface area contributed by atoms with Gasteiger partial charge >= 0.3 is 0 Å². The molecule has 0 aliphatic carbocycles. The van der Waals surface area contributed by atoms with E-state index in [2.05, 4.69) is 10.6 Å². The summed E-state index contributed by atoms with van der Waals surface area (Å²) in [6.07, 6.45) is 0. The molecule has 0 radical (unpaired) electrons. The highest BCUT2D eigenvalue weighted by molar-refractivity contribution is 6.06. The van der Waals surface area contributed by atoms with E-state index in [0.717, 1.165) is 5.69 Å². The Bertz CT molecular complexity index is 1070. The van der Waals surface area contributed by atoms with Crippen LogP contribution in [0.2, 0.25) is 0 Å². The number of nitrogens with two attached hydrogens (primary N) is 1. The van der Waals surface area contributed by atoms with Crippen molar-refractivity contribution < 1.29 is 14.4 Å². The maximum atomic E-state index is 12.7. The van der Waals surface area contributed by atoms with Gasteiger partial charge in [0.15, 0.2) is 0 Å². The van der Waals surface area contributed by atoms with Gasteiger partial charge in [0.2, 0.25) is 11.8 Å². The van der Waals surface area contributed by atoms with Crippen LogP contribution in [0.15, 0.2) is 78.9 Å². The fraction of sp³-hybridized carbons (Fsp3) is 0.0870. The lowest BCUT2D eigenvalue weighted by molar-refractivity contribution is -0.114. The number of primary amides is 1. The highest BCUT2D eigenvalue weighted by Gasteiger charge is 2.14. The Balaban J connectivity index is 1.61. The summed E-state index contributed by atoms with van der Waals surface area (Å²) in [7, 11) is 1.71. The fourth-order valence-electron chi connectivity index (χ4n) is 2.86. The minimum absolute atomic E-state index is 0.00698. The first-order valence-corrected chi connectivity index (χ1v) is 9.31. The van der Waals surface area contributed by atoms with E-state index in [4.69, 9.17) is 5.73 Å². The Morgan fingerprint density at radius 1 is 0.833 bits per heavy atom. The minimum Gasteiger partial charge on any atom is -0.376 e. The van der Waals surface area contributed by atoms with Crippen molar-refractivity contribution in [2.75, 3.05) is 29.1 Å². The molecule has 3 amide bonds. The molecular weight excluding hydrogens is 380 g/mol. The quantitative estimate of drug-likeness (QED) is 0.565. The van der Waals surface area contributed by atoms with Crippen LogP contribution in [0.5, 0.6) is 0 Å². The van der Waals surface area contributed by atoms with Gasteiger partial charge in [-0.1, -0.05) is 30.3 Å². The summed E-state index contributed by atoms with van der Waals surface area (Å²) in [5.41, 5.74) is 7.98. The third kappa shape index (κ3) is 5.23. The van der Waals surface area contributed by atoms with E-state index in [1.807, 2.05) is 30.3 Å². The second-order valence-electron chi connectivity index (χ2n) is 6.63. The van der Waals surface area contributed by atoms with Crippen molar-refractivity contribution in [3.05, 3.63) is 90.0 Å². The molecule has 4 N–H and O–H groups in total. The first kappa shape index (κ1) is 20.6. The van der Waals surface area contributed by atoms with Gasteiger partial charge in [-0.2, -0.15) is 0 Å². The standard InChI is InChI=1S/C23H22N4O3/c1-27(20-11-3-2-4-12-20)23(30)17-8-6-9-18(14-17)25-15-21(28)26-19-10-5-7-16(13-19)22(24)29/h2-14,25H,15H2,1H3,(H2,24,29)(H,26,28). The summed E-state index contributed by atoms with van der Waals surface area (Å²) in [5.74, 6) is -1.02. The van der Waals surface area contributed by atoms with E-state index < -0.39 is 5.91 Å². The summed E-state index contributed by atoms with van der Waals surface area (Å²) in [6.45, 7) is -0.00698. The van der Waals surface area contributed by atoms with Gasteiger partial charge in [0, 0.05) is 35.2 Å². The van der Waals surface area contributed by atoms with Crippen LogP contribution in [-0.2, 0) is 4.79 Å². The molecule has 0 aliphatic heterocycles. The van der Waals surface area contributed by atoms with Gasteiger partial charge in [0.25, 0.3) is 5.91 Å². The molecule has 0 aromatic heterocycles. The molecule has 0 fully saturated rings. The summed E-state index contributed by atoms with van der Waals surface area (Å²) < 4.78 is 0. The Labute approximate surface area is 174 Å². The highest BCUT2D eigenvalue weighted by atomic mass is 16.2. The lowest BCUT2D eigenvalue weighted by Gasteiger charge is -2.18. The van der Waals surface area contributed by atoms with Crippen LogP contribution < -0.4 is 21.3 Å². The molecule has 0 bridgehead atoms. The molecular formula is C23H22N4O3. The molecule has 3 aromatic carbocycles. The number of nitrogens with one attached hydrogen (secondary N) is 2. The number of nitrogens with zero attached hydrogens (tertiary/aromatic N) is 1. The highest BCUT2D eigenvalue weighted by Crippen LogP contribution is 2.17. The van der Waals surface area contributed by atoms with E-state index >= 15 is 0 Å². The normalized spacial score (nSPS) is 10.2. The van der Waals surface area contributed by atoms with Crippen LogP contribution >= 0.6 is 0 Å². The van der Waals surface area contributed by atoms with E-state index in [1.54, 1.807) is 54.4 Å². The van der Waals surface area contributed by atoms with Crippen molar-refractivity contribution in [1.29, 1.82) is 0 Å². The van der Waals surface area contributed by atoms with E-state index in [1.165, 1.54) is 6.07 Å². The first-order valence-electron chi connectivity index (χ1n) is 9.31. The zero-order chi connectivity index (χ0) is 21.5. The number of hydrogen-bond acceptors (Lipinski definition) is 4. The Kier molecular flexibility index (Phi) is 6.44. The number of benzene rings is 3. The van der Waals surface area contributed by atoms with Crippen molar-refractivity contribution >= 4 is 34.8 Å².